The van der Waals surface area contributed by atoms with Crippen molar-refractivity contribution in [2.24, 2.45) is 0 Å². The molecule has 5 heteroatoms. The van der Waals surface area contributed by atoms with Gasteiger partial charge in [-0.05, 0) is 24.9 Å². The van der Waals surface area contributed by atoms with Crippen LogP contribution in [0.3, 0.4) is 0 Å². The first kappa shape index (κ1) is 10.9. The summed E-state index contributed by atoms with van der Waals surface area (Å²) in [6.45, 7) is 7.79. The second-order valence-electron chi connectivity index (χ2n) is 4.62. The van der Waals surface area contributed by atoms with Gasteiger partial charge in [0.25, 0.3) is 0 Å². The van der Waals surface area contributed by atoms with Crippen LogP contribution in [0.25, 0.3) is 0 Å². The van der Waals surface area contributed by atoms with Gasteiger partial charge in [0.15, 0.2) is 0 Å². The lowest BCUT2D eigenvalue weighted by Crippen LogP contribution is -2.32. The Bertz CT molecular complexity index is 356. The summed E-state index contributed by atoms with van der Waals surface area (Å²) >= 11 is 6.09. The van der Waals surface area contributed by atoms with Crippen molar-refractivity contribution in [3.05, 3.63) is 11.1 Å². The molecule has 4 nitrogen and oxygen atoms in total. The summed E-state index contributed by atoms with van der Waals surface area (Å²) in [4.78, 5) is 0. The standard InChI is InChI=1S/C10H16ClN3O/c1-7(2)8-12-13-9(11)14(8)10(3)4-5-15-6-10/h7H,4-6H2,1-3H3. The summed E-state index contributed by atoms with van der Waals surface area (Å²) in [7, 11) is 0. The van der Waals surface area contributed by atoms with Crippen LogP contribution in [0.1, 0.15) is 38.9 Å². The lowest BCUT2D eigenvalue weighted by atomic mass is 10.0. The van der Waals surface area contributed by atoms with E-state index in [1.165, 1.54) is 0 Å². The normalized spacial score (nSPS) is 26.5. The molecule has 1 aromatic heterocycles. The Hall–Kier alpha value is -0.610. The fourth-order valence-electron chi connectivity index (χ4n) is 1.98. The van der Waals surface area contributed by atoms with Crippen molar-refractivity contribution in [1.29, 1.82) is 0 Å². The van der Waals surface area contributed by atoms with E-state index in [2.05, 4.69) is 31.0 Å². The lowest BCUT2D eigenvalue weighted by Gasteiger charge is -2.26. The SMILES string of the molecule is CC(C)c1nnc(Cl)n1C1(C)CCOC1. The predicted octanol–water partition coefficient (Wildman–Crippen LogP) is 2.19. The van der Waals surface area contributed by atoms with Crippen LogP contribution in [0, 0.1) is 0 Å². The van der Waals surface area contributed by atoms with Gasteiger partial charge >= 0.3 is 0 Å². The molecule has 0 saturated carbocycles. The number of aromatic nitrogens is 3. The number of ether oxygens (including phenoxy) is 1. The monoisotopic (exact) mass is 229 g/mol. The van der Waals surface area contributed by atoms with Gasteiger partial charge < -0.3 is 4.74 Å². The van der Waals surface area contributed by atoms with Crippen molar-refractivity contribution in [3.8, 4) is 0 Å². The van der Waals surface area contributed by atoms with E-state index in [1.807, 2.05) is 4.57 Å². The Labute approximate surface area is 94.6 Å². The minimum Gasteiger partial charge on any atom is -0.379 e. The highest BCUT2D eigenvalue weighted by Crippen LogP contribution is 2.32. The van der Waals surface area contributed by atoms with Crippen molar-refractivity contribution in [3.63, 3.8) is 0 Å². The van der Waals surface area contributed by atoms with E-state index in [0.29, 0.717) is 17.8 Å². The second-order valence-corrected chi connectivity index (χ2v) is 4.95. The summed E-state index contributed by atoms with van der Waals surface area (Å²) in [5.41, 5.74) is -0.0831. The number of nitrogens with zero attached hydrogens (tertiary/aromatic N) is 3. The highest BCUT2D eigenvalue weighted by Gasteiger charge is 2.36. The van der Waals surface area contributed by atoms with Crippen LogP contribution < -0.4 is 0 Å². The summed E-state index contributed by atoms with van der Waals surface area (Å²) in [5, 5.41) is 8.55. The Morgan fingerprint density at radius 2 is 2.20 bits per heavy atom. The number of rotatable bonds is 2. The van der Waals surface area contributed by atoms with Gasteiger partial charge in [0.2, 0.25) is 5.28 Å². The molecule has 0 radical (unpaired) electrons. The Morgan fingerprint density at radius 3 is 2.73 bits per heavy atom. The molecule has 15 heavy (non-hydrogen) atoms. The van der Waals surface area contributed by atoms with Crippen LogP contribution in [0.2, 0.25) is 5.28 Å². The molecule has 0 aromatic carbocycles. The van der Waals surface area contributed by atoms with E-state index in [-0.39, 0.29) is 5.54 Å². The summed E-state index contributed by atoms with van der Waals surface area (Å²) in [6, 6.07) is 0. The van der Waals surface area contributed by atoms with Crippen molar-refractivity contribution in [2.45, 2.75) is 38.6 Å². The number of hydrogen-bond donors (Lipinski definition) is 0. The molecule has 1 aliphatic heterocycles. The zero-order valence-electron chi connectivity index (χ0n) is 9.33. The maximum Gasteiger partial charge on any atom is 0.225 e. The number of halogens is 1. The highest BCUT2D eigenvalue weighted by molar-refractivity contribution is 6.28. The molecular weight excluding hydrogens is 214 g/mol. The average molecular weight is 230 g/mol. The molecule has 0 spiro atoms. The van der Waals surface area contributed by atoms with E-state index >= 15 is 0 Å². The van der Waals surface area contributed by atoms with Gasteiger partial charge in [0.05, 0.1) is 12.1 Å². The van der Waals surface area contributed by atoms with E-state index in [4.69, 9.17) is 16.3 Å². The molecule has 2 rings (SSSR count). The molecule has 0 aliphatic carbocycles. The molecule has 1 fully saturated rings. The molecular formula is C10H16ClN3O. The predicted molar refractivity (Wildman–Crippen MR) is 58.2 cm³/mol. The minimum absolute atomic E-state index is 0.0831. The van der Waals surface area contributed by atoms with Gasteiger partial charge in [-0.25, -0.2) is 0 Å². The van der Waals surface area contributed by atoms with Crippen LogP contribution >= 0.6 is 11.6 Å². The quantitative estimate of drug-likeness (QED) is 0.781. The molecule has 84 valence electrons. The maximum atomic E-state index is 6.09. The summed E-state index contributed by atoms with van der Waals surface area (Å²) in [6.07, 6.45) is 0.963. The van der Waals surface area contributed by atoms with E-state index in [9.17, 15) is 0 Å². The van der Waals surface area contributed by atoms with Crippen molar-refractivity contribution < 1.29 is 4.74 Å². The van der Waals surface area contributed by atoms with Crippen LogP contribution in [0.15, 0.2) is 0 Å². The zero-order chi connectivity index (χ0) is 11.1. The van der Waals surface area contributed by atoms with Gasteiger partial charge in [0, 0.05) is 12.5 Å². The summed E-state index contributed by atoms with van der Waals surface area (Å²) < 4.78 is 7.46. The first-order valence-electron chi connectivity index (χ1n) is 5.23. The van der Waals surface area contributed by atoms with Crippen molar-refractivity contribution in [2.75, 3.05) is 13.2 Å². The molecule has 1 saturated heterocycles. The van der Waals surface area contributed by atoms with E-state index < -0.39 is 0 Å². The average Bonchev–Trinajstić information content (AvgIpc) is 2.72. The zero-order valence-corrected chi connectivity index (χ0v) is 10.1. The van der Waals surface area contributed by atoms with Gasteiger partial charge in [-0.15, -0.1) is 10.2 Å². The Morgan fingerprint density at radius 1 is 1.47 bits per heavy atom. The van der Waals surface area contributed by atoms with Gasteiger partial charge in [-0.3, -0.25) is 4.57 Å². The summed E-state index contributed by atoms with van der Waals surface area (Å²) in [5.74, 6) is 1.26. The van der Waals surface area contributed by atoms with Crippen LogP contribution in [-0.2, 0) is 10.3 Å². The number of hydrogen-bond acceptors (Lipinski definition) is 3. The third kappa shape index (κ3) is 1.76. The molecule has 0 amide bonds. The van der Waals surface area contributed by atoms with Gasteiger partial charge in [-0.1, -0.05) is 13.8 Å². The second kappa shape index (κ2) is 3.76. The van der Waals surface area contributed by atoms with Crippen molar-refractivity contribution in [1.82, 2.24) is 14.8 Å². The molecule has 2 heterocycles. The molecule has 1 atom stereocenters. The lowest BCUT2D eigenvalue weighted by molar-refractivity contribution is 0.160. The third-order valence-electron chi connectivity index (χ3n) is 2.90. The molecule has 1 aliphatic rings. The van der Waals surface area contributed by atoms with Gasteiger partial charge in [-0.2, -0.15) is 0 Å². The Balaban J connectivity index is 2.45. The maximum absolute atomic E-state index is 6.09. The molecule has 1 aromatic rings. The van der Waals surface area contributed by atoms with Crippen LogP contribution in [0.4, 0.5) is 0 Å². The van der Waals surface area contributed by atoms with Crippen LogP contribution in [0.5, 0.6) is 0 Å². The van der Waals surface area contributed by atoms with Crippen LogP contribution in [-0.4, -0.2) is 28.0 Å². The van der Waals surface area contributed by atoms with E-state index in [1.54, 1.807) is 0 Å². The fourth-order valence-corrected chi connectivity index (χ4v) is 2.31. The largest absolute Gasteiger partial charge is 0.379 e. The molecule has 0 N–H and O–H groups in total. The highest BCUT2D eigenvalue weighted by atomic mass is 35.5. The van der Waals surface area contributed by atoms with Gasteiger partial charge in [0.1, 0.15) is 5.82 Å². The topological polar surface area (TPSA) is 39.9 Å². The van der Waals surface area contributed by atoms with E-state index in [0.717, 1.165) is 18.9 Å². The molecule has 0 bridgehead atoms. The Kier molecular flexibility index (Phi) is 2.73. The smallest absolute Gasteiger partial charge is 0.225 e. The first-order valence-corrected chi connectivity index (χ1v) is 5.61. The third-order valence-corrected chi connectivity index (χ3v) is 3.15. The fraction of sp³-hybridized carbons (Fsp3) is 0.800. The molecule has 1 unspecified atom stereocenters. The minimum atomic E-state index is -0.0831. The van der Waals surface area contributed by atoms with Crippen molar-refractivity contribution >= 4 is 11.6 Å². The first-order chi connectivity index (χ1) is 7.04.